The van der Waals surface area contributed by atoms with Crippen LogP contribution in [0.4, 0.5) is 15.1 Å². The van der Waals surface area contributed by atoms with Crippen molar-refractivity contribution in [3.63, 3.8) is 0 Å². The minimum Gasteiger partial charge on any atom is -0.444 e. The largest absolute Gasteiger partial charge is 0.444 e. The van der Waals surface area contributed by atoms with E-state index in [1.54, 1.807) is 41.6 Å². The van der Waals surface area contributed by atoms with E-state index in [1.807, 2.05) is 39.8 Å². The third-order valence-electron chi connectivity index (χ3n) is 9.78. The molecule has 49 heavy (non-hydrogen) atoms. The van der Waals surface area contributed by atoms with Crippen molar-refractivity contribution in [2.45, 2.75) is 77.2 Å². The summed E-state index contributed by atoms with van der Waals surface area (Å²) in [6.45, 7) is 8.54. The molecule has 2 aromatic heterocycles. The first-order valence-corrected chi connectivity index (χ1v) is 18.7. The molecule has 1 aliphatic heterocycles. The molecule has 2 aliphatic carbocycles. The predicted octanol–water partition coefficient (Wildman–Crippen LogP) is 7.46. The van der Waals surface area contributed by atoms with Gasteiger partial charge < -0.3 is 19.7 Å². The third kappa shape index (κ3) is 7.34. The van der Waals surface area contributed by atoms with Crippen molar-refractivity contribution in [3.05, 3.63) is 71.8 Å². The lowest BCUT2D eigenvalue weighted by atomic mass is 10.0. The van der Waals surface area contributed by atoms with Crippen LogP contribution in [0.1, 0.15) is 64.0 Å². The molecule has 2 aromatic carbocycles. The highest BCUT2D eigenvalue weighted by atomic mass is 32.2. The lowest BCUT2D eigenvalue weighted by molar-refractivity contribution is 0.0206. The Hall–Kier alpha value is -4.32. The number of amides is 1. The topological polar surface area (TPSA) is 124 Å². The van der Waals surface area contributed by atoms with Gasteiger partial charge in [0.05, 0.1) is 22.8 Å². The molecule has 7 rings (SSSR count). The van der Waals surface area contributed by atoms with Gasteiger partial charge in [0.1, 0.15) is 17.2 Å². The Morgan fingerprint density at radius 3 is 2.63 bits per heavy atom. The van der Waals surface area contributed by atoms with Gasteiger partial charge in [-0.15, -0.1) is 0 Å². The summed E-state index contributed by atoms with van der Waals surface area (Å²) >= 11 is 0. The lowest BCUT2D eigenvalue weighted by Gasteiger charge is -2.34. The van der Waals surface area contributed by atoms with Gasteiger partial charge in [-0.3, -0.25) is 0 Å². The predicted molar refractivity (Wildman–Crippen MR) is 186 cm³/mol. The zero-order valence-corrected chi connectivity index (χ0v) is 29.1. The molecule has 0 bridgehead atoms. The van der Waals surface area contributed by atoms with E-state index in [-0.39, 0.29) is 40.5 Å². The number of likely N-dealkylation sites (tertiary alicyclic amines) is 1. The van der Waals surface area contributed by atoms with Crippen molar-refractivity contribution in [2.24, 2.45) is 11.3 Å². The summed E-state index contributed by atoms with van der Waals surface area (Å²) in [5.74, 6) is 0.567. The summed E-state index contributed by atoms with van der Waals surface area (Å²) < 4.78 is 53.8. The minimum absolute atomic E-state index is 0.0584. The van der Waals surface area contributed by atoms with Gasteiger partial charge in [0.2, 0.25) is 11.8 Å². The summed E-state index contributed by atoms with van der Waals surface area (Å²) in [6, 6.07) is 11.9. The normalized spacial score (nSPS) is 19.9. The number of fused-ring (bicyclic) bond motifs is 1. The first-order valence-electron chi connectivity index (χ1n) is 16.9. The van der Waals surface area contributed by atoms with Gasteiger partial charge in [-0.2, -0.15) is 0 Å². The smallest absolute Gasteiger partial charge is 0.410 e. The highest BCUT2D eigenvalue weighted by Crippen LogP contribution is 2.70. The molecule has 3 heterocycles. The van der Waals surface area contributed by atoms with Gasteiger partial charge in [-0.1, -0.05) is 12.1 Å². The highest BCUT2D eigenvalue weighted by Gasteiger charge is 2.63. The first kappa shape index (κ1) is 33.2. The molecule has 1 amide bonds. The Labute approximate surface area is 286 Å². The number of carbonyl (C=O) groups excluding carboxylic acids is 1. The van der Waals surface area contributed by atoms with E-state index in [2.05, 4.69) is 15.3 Å². The Morgan fingerprint density at radius 1 is 1.08 bits per heavy atom. The number of rotatable bonds is 9. The summed E-state index contributed by atoms with van der Waals surface area (Å²) in [6.07, 6.45) is 7.78. The van der Waals surface area contributed by atoms with Crippen molar-refractivity contribution in [2.75, 3.05) is 24.2 Å². The summed E-state index contributed by atoms with van der Waals surface area (Å²) in [7, 11) is -3.51. The quantitative estimate of drug-likeness (QED) is 0.191. The fourth-order valence-electron chi connectivity index (χ4n) is 6.94. The monoisotopic (exact) mass is 687 g/mol. The molecule has 10 nitrogen and oxygen atoms in total. The van der Waals surface area contributed by atoms with Crippen molar-refractivity contribution >= 4 is 32.7 Å². The van der Waals surface area contributed by atoms with E-state index < -0.39 is 21.3 Å². The second-order valence-electron chi connectivity index (χ2n) is 14.8. The third-order valence-corrected chi connectivity index (χ3v) is 11.4. The van der Waals surface area contributed by atoms with Crippen molar-refractivity contribution in [1.29, 1.82) is 0 Å². The Balaban J connectivity index is 1.12. The molecule has 1 spiro atoms. The summed E-state index contributed by atoms with van der Waals surface area (Å²) in [5, 5.41) is 4.48. The molecule has 0 radical (unpaired) electrons. The number of pyridine rings is 1. The Bertz CT molecular complexity index is 2030. The van der Waals surface area contributed by atoms with Gasteiger partial charge in [-0.25, -0.2) is 32.6 Å². The second-order valence-corrected chi connectivity index (χ2v) is 16.9. The van der Waals surface area contributed by atoms with Crippen molar-refractivity contribution in [1.82, 2.24) is 19.9 Å². The minimum atomic E-state index is -3.51. The number of nitrogens with zero attached hydrogens (tertiary/aromatic N) is 4. The van der Waals surface area contributed by atoms with E-state index in [1.165, 1.54) is 6.07 Å². The molecule has 1 N–H and O–H groups in total. The number of aryl methyl sites for hydroxylation is 1. The fourth-order valence-corrected chi connectivity index (χ4v) is 8.88. The number of ether oxygens (including phenoxy) is 2. The molecule has 258 valence electrons. The second kappa shape index (κ2) is 12.5. The average molecular weight is 688 g/mol. The molecule has 0 unspecified atom stereocenters. The number of hydrogen-bond acceptors (Lipinski definition) is 9. The van der Waals surface area contributed by atoms with E-state index in [9.17, 15) is 13.2 Å². The van der Waals surface area contributed by atoms with Crippen LogP contribution in [0.25, 0.3) is 22.0 Å². The zero-order chi connectivity index (χ0) is 34.6. The Kier molecular flexibility index (Phi) is 8.49. The van der Waals surface area contributed by atoms with Crippen LogP contribution in [0.5, 0.6) is 11.6 Å². The first-order chi connectivity index (χ1) is 23.3. The average Bonchev–Trinajstić information content (AvgIpc) is 3.97. The van der Waals surface area contributed by atoms with Crippen LogP contribution in [0.3, 0.4) is 0 Å². The molecule has 2 saturated carbocycles. The van der Waals surface area contributed by atoms with Gasteiger partial charge in [-0.05, 0) is 112 Å². The molecule has 3 fully saturated rings. The van der Waals surface area contributed by atoms with E-state index in [4.69, 9.17) is 14.5 Å². The number of piperidine rings is 1. The molecule has 4 aromatic rings. The number of aromatic nitrogens is 3. The van der Waals surface area contributed by atoms with E-state index >= 15 is 4.39 Å². The van der Waals surface area contributed by atoms with Crippen LogP contribution in [0.2, 0.25) is 0 Å². The number of hydrogen-bond donors (Lipinski definition) is 1. The van der Waals surface area contributed by atoms with Gasteiger partial charge in [0.15, 0.2) is 9.84 Å². The molecular weight excluding hydrogens is 646 g/mol. The maximum Gasteiger partial charge on any atom is 0.410 e. The van der Waals surface area contributed by atoms with E-state index in [0.29, 0.717) is 52.7 Å². The molecular formula is C37H42FN5O5S. The van der Waals surface area contributed by atoms with Crippen molar-refractivity contribution < 1.29 is 27.1 Å². The molecule has 12 heteroatoms. The van der Waals surface area contributed by atoms with Crippen LogP contribution in [0.15, 0.2) is 54.9 Å². The summed E-state index contributed by atoms with van der Waals surface area (Å²) in [4.78, 5) is 28.1. The van der Waals surface area contributed by atoms with Crippen LogP contribution in [-0.2, 0) is 20.3 Å². The molecule has 2 atom stereocenters. The number of halogens is 1. The van der Waals surface area contributed by atoms with Gasteiger partial charge in [0.25, 0.3) is 0 Å². The maximum atomic E-state index is 15.3. The van der Waals surface area contributed by atoms with Gasteiger partial charge >= 0.3 is 6.09 Å². The van der Waals surface area contributed by atoms with Crippen LogP contribution in [-0.4, -0.2) is 64.8 Å². The van der Waals surface area contributed by atoms with Crippen LogP contribution >= 0.6 is 0 Å². The SMILES string of the molecule is Cc1ccc2c(CS(=O)(=O)C[C@@H]3CC34CC4)c(F)ccc2c1Oc1ncccc1-c1ccnc(N[C@H]2CCCN(C(=O)OC(C)(C)C)C2)n1. The lowest BCUT2D eigenvalue weighted by Crippen LogP contribution is -2.47. The zero-order valence-electron chi connectivity index (χ0n) is 28.3. The standard InChI is InChI=1S/C37H42FN5O5S/c1-23-9-10-26-27(11-12-30(38)29(26)22-49(45,46)21-24-19-37(24)14-15-37)32(23)47-33-28(8-5-16-39-33)31-13-17-40-34(42-31)41-25-7-6-18-43(20-25)35(44)48-36(2,3)4/h5,8-13,16-17,24-25H,6-7,14-15,18-22H2,1-4H3,(H,40,41,42)/t24-,25-/m0/s1. The number of carbonyl (C=O) groups is 1. The number of sulfone groups is 1. The number of anilines is 1. The van der Waals surface area contributed by atoms with Crippen LogP contribution in [0, 0.1) is 24.1 Å². The van der Waals surface area contributed by atoms with Crippen LogP contribution < -0.4 is 10.1 Å². The Morgan fingerprint density at radius 2 is 1.88 bits per heavy atom. The maximum absolute atomic E-state index is 15.3. The van der Waals surface area contributed by atoms with E-state index in [0.717, 1.165) is 37.7 Å². The molecule has 1 saturated heterocycles. The number of benzene rings is 2. The number of nitrogens with one attached hydrogen (secondary N) is 1. The fraction of sp³-hybridized carbons (Fsp3) is 0.459. The molecule has 3 aliphatic rings. The summed E-state index contributed by atoms with van der Waals surface area (Å²) in [5.41, 5.74) is 1.82. The van der Waals surface area contributed by atoms with Crippen molar-refractivity contribution in [3.8, 4) is 22.9 Å². The highest BCUT2D eigenvalue weighted by molar-refractivity contribution is 7.90. The van der Waals surface area contributed by atoms with Gasteiger partial charge in [0, 0.05) is 42.5 Å².